The van der Waals surface area contributed by atoms with Crippen LogP contribution in [0.5, 0.6) is 0 Å². The van der Waals surface area contributed by atoms with Crippen molar-refractivity contribution in [3.63, 3.8) is 0 Å². The number of hydrogen-bond donors (Lipinski definition) is 2. The molecule has 0 bridgehead atoms. The average Bonchev–Trinajstić information content (AvgIpc) is 2.82. The minimum Gasteiger partial charge on any atom is -0.399 e. The fraction of sp³-hybridized carbons (Fsp3) is 0.417. The number of benzene rings is 1. The van der Waals surface area contributed by atoms with E-state index in [0.717, 1.165) is 19.4 Å². The Morgan fingerprint density at radius 1 is 1.59 bits per heavy atom. The van der Waals surface area contributed by atoms with Gasteiger partial charge in [-0.15, -0.1) is 0 Å². The molecule has 17 heavy (non-hydrogen) atoms. The van der Waals surface area contributed by atoms with Gasteiger partial charge in [0.25, 0.3) is 5.91 Å². The molecular formula is C12H15ClN2O2. The smallest absolute Gasteiger partial charge is 0.252 e. The highest BCUT2D eigenvalue weighted by Crippen LogP contribution is 2.19. The summed E-state index contributed by atoms with van der Waals surface area (Å²) in [5, 5.41) is 3.21. The Labute approximate surface area is 105 Å². The predicted molar refractivity (Wildman–Crippen MR) is 67.2 cm³/mol. The van der Waals surface area contributed by atoms with E-state index in [9.17, 15) is 4.79 Å². The van der Waals surface area contributed by atoms with Crippen LogP contribution in [-0.2, 0) is 4.74 Å². The Balaban J connectivity index is 1.96. The number of carbonyl (C=O) groups excluding carboxylic acids is 1. The lowest BCUT2D eigenvalue weighted by Crippen LogP contribution is -2.31. The molecule has 0 aliphatic carbocycles. The van der Waals surface area contributed by atoms with Gasteiger partial charge in [0.2, 0.25) is 0 Å². The first-order valence-electron chi connectivity index (χ1n) is 5.61. The summed E-state index contributed by atoms with van der Waals surface area (Å²) in [7, 11) is 0. The van der Waals surface area contributed by atoms with Crippen LogP contribution in [0.15, 0.2) is 18.2 Å². The van der Waals surface area contributed by atoms with Gasteiger partial charge in [-0.3, -0.25) is 4.79 Å². The largest absolute Gasteiger partial charge is 0.399 e. The van der Waals surface area contributed by atoms with Crippen LogP contribution in [0, 0.1) is 0 Å². The lowest BCUT2D eigenvalue weighted by molar-refractivity contribution is 0.0858. The highest BCUT2D eigenvalue weighted by molar-refractivity contribution is 6.34. The molecule has 1 aromatic rings. The highest BCUT2D eigenvalue weighted by atomic mass is 35.5. The fourth-order valence-corrected chi connectivity index (χ4v) is 2.03. The second kappa shape index (κ2) is 5.38. The van der Waals surface area contributed by atoms with Crippen LogP contribution in [0.4, 0.5) is 5.69 Å². The predicted octanol–water partition coefficient (Wildman–Crippen LogP) is 1.83. The topological polar surface area (TPSA) is 64.4 Å². The summed E-state index contributed by atoms with van der Waals surface area (Å²) in [5.41, 5.74) is 6.55. The molecule has 1 heterocycles. The van der Waals surface area contributed by atoms with Gasteiger partial charge in [0, 0.05) is 18.8 Å². The average molecular weight is 255 g/mol. The maximum Gasteiger partial charge on any atom is 0.252 e. The fourth-order valence-electron chi connectivity index (χ4n) is 1.82. The summed E-state index contributed by atoms with van der Waals surface area (Å²) in [6.07, 6.45) is 2.17. The number of nitrogens with one attached hydrogen (secondary N) is 1. The zero-order valence-corrected chi connectivity index (χ0v) is 10.2. The molecule has 92 valence electrons. The van der Waals surface area contributed by atoms with E-state index in [1.165, 1.54) is 0 Å². The van der Waals surface area contributed by atoms with E-state index in [2.05, 4.69) is 5.32 Å². The van der Waals surface area contributed by atoms with Crippen LogP contribution >= 0.6 is 11.6 Å². The van der Waals surface area contributed by atoms with Gasteiger partial charge in [-0.05, 0) is 31.0 Å². The molecule has 1 atom stereocenters. The first kappa shape index (κ1) is 12.2. The first-order valence-corrected chi connectivity index (χ1v) is 5.99. The zero-order chi connectivity index (χ0) is 12.3. The quantitative estimate of drug-likeness (QED) is 0.809. The molecule has 0 aromatic heterocycles. The van der Waals surface area contributed by atoms with E-state index >= 15 is 0 Å². The lowest BCUT2D eigenvalue weighted by atomic mass is 10.2. The number of anilines is 1. The van der Waals surface area contributed by atoms with Crippen LogP contribution < -0.4 is 11.1 Å². The maximum atomic E-state index is 11.9. The number of halogens is 1. The Morgan fingerprint density at radius 2 is 2.41 bits per heavy atom. The molecule has 5 heteroatoms. The minimum atomic E-state index is -0.210. The third-order valence-electron chi connectivity index (χ3n) is 2.75. The van der Waals surface area contributed by atoms with E-state index in [-0.39, 0.29) is 12.0 Å². The van der Waals surface area contributed by atoms with Gasteiger partial charge in [0.1, 0.15) is 0 Å². The van der Waals surface area contributed by atoms with Crippen molar-refractivity contribution < 1.29 is 9.53 Å². The number of nitrogen functional groups attached to an aromatic ring is 1. The standard InChI is InChI=1S/C12H15ClN2O2/c13-11-4-3-8(14)6-10(11)12(16)15-7-9-2-1-5-17-9/h3-4,6,9H,1-2,5,7,14H2,(H,15,16). The molecule has 1 aliphatic rings. The first-order chi connectivity index (χ1) is 8.16. The van der Waals surface area contributed by atoms with Gasteiger partial charge in [-0.25, -0.2) is 0 Å². The van der Waals surface area contributed by atoms with Gasteiger partial charge >= 0.3 is 0 Å². The summed E-state index contributed by atoms with van der Waals surface area (Å²) >= 11 is 5.94. The maximum absolute atomic E-state index is 11.9. The molecule has 0 saturated carbocycles. The number of amides is 1. The summed E-state index contributed by atoms with van der Waals surface area (Å²) in [6.45, 7) is 1.30. The van der Waals surface area contributed by atoms with E-state index in [4.69, 9.17) is 22.1 Å². The molecular weight excluding hydrogens is 240 g/mol. The second-order valence-corrected chi connectivity index (χ2v) is 4.49. The summed E-state index contributed by atoms with van der Waals surface area (Å²) < 4.78 is 5.42. The Morgan fingerprint density at radius 3 is 3.12 bits per heavy atom. The molecule has 1 fully saturated rings. The van der Waals surface area contributed by atoms with Crippen molar-refractivity contribution in [3.05, 3.63) is 28.8 Å². The Bertz CT molecular complexity index is 417. The minimum absolute atomic E-state index is 0.124. The summed E-state index contributed by atoms with van der Waals surface area (Å²) in [6, 6.07) is 4.87. The van der Waals surface area contributed by atoms with E-state index in [0.29, 0.717) is 22.8 Å². The molecule has 0 radical (unpaired) electrons. The molecule has 1 saturated heterocycles. The van der Waals surface area contributed by atoms with Crippen molar-refractivity contribution in [2.75, 3.05) is 18.9 Å². The van der Waals surface area contributed by atoms with E-state index < -0.39 is 0 Å². The highest BCUT2D eigenvalue weighted by Gasteiger charge is 2.17. The van der Waals surface area contributed by atoms with Crippen LogP contribution in [-0.4, -0.2) is 25.2 Å². The van der Waals surface area contributed by atoms with Gasteiger partial charge in [0.05, 0.1) is 16.7 Å². The molecule has 2 rings (SSSR count). The number of carbonyl (C=O) groups is 1. The van der Waals surface area contributed by atoms with E-state index in [1.54, 1.807) is 18.2 Å². The van der Waals surface area contributed by atoms with Crippen LogP contribution in [0.2, 0.25) is 5.02 Å². The number of ether oxygens (including phenoxy) is 1. The van der Waals surface area contributed by atoms with Gasteiger partial charge in [0.15, 0.2) is 0 Å². The Kier molecular flexibility index (Phi) is 3.86. The SMILES string of the molecule is Nc1ccc(Cl)c(C(=O)NCC2CCCO2)c1. The number of rotatable bonds is 3. The third-order valence-corrected chi connectivity index (χ3v) is 3.08. The second-order valence-electron chi connectivity index (χ2n) is 4.08. The van der Waals surface area contributed by atoms with Gasteiger partial charge < -0.3 is 15.8 Å². The van der Waals surface area contributed by atoms with Gasteiger partial charge in [-0.1, -0.05) is 11.6 Å². The molecule has 1 aromatic carbocycles. The van der Waals surface area contributed by atoms with Crippen molar-refractivity contribution in [3.8, 4) is 0 Å². The molecule has 3 N–H and O–H groups in total. The van der Waals surface area contributed by atoms with Crippen LogP contribution in [0.25, 0.3) is 0 Å². The van der Waals surface area contributed by atoms with Crippen LogP contribution in [0.1, 0.15) is 23.2 Å². The van der Waals surface area contributed by atoms with Crippen molar-refractivity contribution in [2.45, 2.75) is 18.9 Å². The van der Waals surface area contributed by atoms with Crippen molar-refractivity contribution in [1.29, 1.82) is 0 Å². The monoisotopic (exact) mass is 254 g/mol. The summed E-state index contributed by atoms with van der Waals surface area (Å²) in [5.74, 6) is -0.210. The van der Waals surface area contributed by atoms with Crippen molar-refractivity contribution >= 4 is 23.2 Å². The normalized spacial score (nSPS) is 19.2. The molecule has 1 aliphatic heterocycles. The molecule has 0 spiro atoms. The van der Waals surface area contributed by atoms with Crippen molar-refractivity contribution in [1.82, 2.24) is 5.32 Å². The number of nitrogens with two attached hydrogens (primary N) is 1. The zero-order valence-electron chi connectivity index (χ0n) is 9.41. The molecule has 4 nitrogen and oxygen atoms in total. The van der Waals surface area contributed by atoms with Crippen molar-refractivity contribution in [2.24, 2.45) is 0 Å². The van der Waals surface area contributed by atoms with E-state index in [1.807, 2.05) is 0 Å². The third kappa shape index (κ3) is 3.11. The molecule has 1 amide bonds. The van der Waals surface area contributed by atoms with Crippen LogP contribution in [0.3, 0.4) is 0 Å². The van der Waals surface area contributed by atoms with Gasteiger partial charge in [-0.2, -0.15) is 0 Å². The lowest BCUT2D eigenvalue weighted by Gasteiger charge is -2.11. The summed E-state index contributed by atoms with van der Waals surface area (Å²) in [4.78, 5) is 11.9. The molecule has 1 unspecified atom stereocenters. The Hall–Kier alpha value is -1.26. The number of hydrogen-bond acceptors (Lipinski definition) is 3.